The molecule has 2 unspecified atom stereocenters. The van der Waals surface area contributed by atoms with E-state index in [-0.39, 0.29) is 11.6 Å². The predicted octanol–water partition coefficient (Wildman–Crippen LogP) is 3.25. The van der Waals surface area contributed by atoms with E-state index in [1.165, 1.54) is 25.3 Å². The Labute approximate surface area is 124 Å². The van der Waals surface area contributed by atoms with Crippen molar-refractivity contribution in [2.24, 2.45) is 11.8 Å². The summed E-state index contributed by atoms with van der Waals surface area (Å²) in [5.41, 5.74) is 1.59. The second-order valence-electron chi connectivity index (χ2n) is 5.84. The highest BCUT2D eigenvalue weighted by Crippen LogP contribution is 2.30. The van der Waals surface area contributed by atoms with Crippen molar-refractivity contribution in [3.63, 3.8) is 0 Å². The number of benzene rings is 1. The van der Waals surface area contributed by atoms with Crippen molar-refractivity contribution < 1.29 is 14.7 Å². The second kappa shape index (κ2) is 6.61. The second-order valence-corrected chi connectivity index (χ2v) is 5.84. The van der Waals surface area contributed by atoms with Gasteiger partial charge in [0.1, 0.15) is 0 Å². The van der Waals surface area contributed by atoms with Gasteiger partial charge >= 0.3 is 12.0 Å². The Bertz CT molecular complexity index is 542. The van der Waals surface area contributed by atoms with Crippen LogP contribution in [-0.2, 0) is 0 Å². The maximum absolute atomic E-state index is 11.9. The first-order valence-electron chi connectivity index (χ1n) is 7.36. The number of aromatic carboxylic acids is 1. The molecule has 3 N–H and O–H groups in total. The van der Waals surface area contributed by atoms with E-state index < -0.39 is 5.97 Å². The Morgan fingerprint density at radius 2 is 2.10 bits per heavy atom. The van der Waals surface area contributed by atoms with Crippen LogP contribution in [0.3, 0.4) is 0 Å². The number of amides is 2. The maximum atomic E-state index is 11.9. The third-order valence-electron chi connectivity index (χ3n) is 4.29. The van der Waals surface area contributed by atoms with Crippen LogP contribution in [0.15, 0.2) is 18.2 Å². The smallest absolute Gasteiger partial charge is 0.335 e. The van der Waals surface area contributed by atoms with Gasteiger partial charge in [-0.1, -0.05) is 19.8 Å². The van der Waals surface area contributed by atoms with E-state index in [0.717, 1.165) is 5.56 Å². The molecule has 0 bridgehead atoms. The van der Waals surface area contributed by atoms with Crippen LogP contribution >= 0.6 is 0 Å². The number of carbonyl (C=O) groups excluding carboxylic acids is 1. The summed E-state index contributed by atoms with van der Waals surface area (Å²) in [6.07, 6.45) is 3.66. The Morgan fingerprint density at radius 1 is 1.33 bits per heavy atom. The fourth-order valence-corrected chi connectivity index (χ4v) is 2.85. The van der Waals surface area contributed by atoms with Gasteiger partial charge < -0.3 is 15.7 Å². The number of nitrogens with one attached hydrogen (secondary N) is 2. The number of urea groups is 1. The van der Waals surface area contributed by atoms with Gasteiger partial charge in [-0.25, -0.2) is 9.59 Å². The van der Waals surface area contributed by atoms with Gasteiger partial charge in [-0.2, -0.15) is 0 Å². The normalized spacial score (nSPS) is 21.0. The predicted molar refractivity (Wildman–Crippen MR) is 81.7 cm³/mol. The molecule has 0 aliphatic heterocycles. The molecule has 1 aromatic rings. The van der Waals surface area contributed by atoms with E-state index in [2.05, 4.69) is 17.6 Å². The van der Waals surface area contributed by atoms with Gasteiger partial charge in [0.2, 0.25) is 0 Å². The summed E-state index contributed by atoms with van der Waals surface area (Å²) < 4.78 is 0. The minimum Gasteiger partial charge on any atom is -0.478 e. The number of rotatable bonds is 4. The fraction of sp³-hybridized carbons (Fsp3) is 0.500. The monoisotopic (exact) mass is 290 g/mol. The third-order valence-corrected chi connectivity index (χ3v) is 4.29. The van der Waals surface area contributed by atoms with Gasteiger partial charge in [-0.15, -0.1) is 0 Å². The zero-order chi connectivity index (χ0) is 15.4. The van der Waals surface area contributed by atoms with Crippen molar-refractivity contribution in [2.75, 3.05) is 11.9 Å². The van der Waals surface area contributed by atoms with Crippen LogP contribution in [0.25, 0.3) is 0 Å². The van der Waals surface area contributed by atoms with Crippen molar-refractivity contribution >= 4 is 17.7 Å². The molecule has 21 heavy (non-hydrogen) atoms. The van der Waals surface area contributed by atoms with Crippen LogP contribution in [0.4, 0.5) is 10.5 Å². The molecule has 5 heteroatoms. The molecule has 2 atom stereocenters. The number of aryl methyl sites for hydroxylation is 1. The first-order chi connectivity index (χ1) is 9.97. The maximum Gasteiger partial charge on any atom is 0.335 e. The van der Waals surface area contributed by atoms with Crippen LogP contribution < -0.4 is 10.6 Å². The van der Waals surface area contributed by atoms with Crippen molar-refractivity contribution in [1.82, 2.24) is 5.32 Å². The molecule has 0 aromatic heterocycles. The number of carboxylic acid groups (broad SMARTS) is 1. The first kappa shape index (κ1) is 15.4. The SMILES string of the molecule is Cc1cc(C(=O)O)ccc1NC(=O)NCC1CCCC1C. The highest BCUT2D eigenvalue weighted by Gasteiger charge is 2.23. The van der Waals surface area contributed by atoms with Crippen LogP contribution in [0.5, 0.6) is 0 Å². The van der Waals surface area contributed by atoms with Crippen molar-refractivity contribution in [3.05, 3.63) is 29.3 Å². The van der Waals surface area contributed by atoms with E-state index in [1.807, 2.05) is 0 Å². The molecule has 5 nitrogen and oxygen atoms in total. The summed E-state index contributed by atoms with van der Waals surface area (Å²) in [4.78, 5) is 22.8. The highest BCUT2D eigenvalue weighted by molar-refractivity contribution is 5.92. The Kier molecular flexibility index (Phi) is 4.83. The molecule has 1 aliphatic carbocycles. The fourth-order valence-electron chi connectivity index (χ4n) is 2.85. The van der Waals surface area contributed by atoms with Crippen molar-refractivity contribution in [3.8, 4) is 0 Å². The van der Waals surface area contributed by atoms with Gasteiger partial charge in [-0.05, 0) is 48.9 Å². The highest BCUT2D eigenvalue weighted by atomic mass is 16.4. The summed E-state index contributed by atoms with van der Waals surface area (Å²) >= 11 is 0. The molecule has 2 amide bonds. The molecule has 0 heterocycles. The summed E-state index contributed by atoms with van der Waals surface area (Å²) in [6, 6.07) is 4.43. The summed E-state index contributed by atoms with van der Waals surface area (Å²) in [5.74, 6) is 0.262. The largest absolute Gasteiger partial charge is 0.478 e. The van der Waals surface area contributed by atoms with Crippen LogP contribution in [0.2, 0.25) is 0 Å². The molecule has 1 aliphatic rings. The number of hydrogen-bond acceptors (Lipinski definition) is 2. The van der Waals surface area contributed by atoms with Crippen LogP contribution in [0.1, 0.15) is 42.1 Å². The van der Waals surface area contributed by atoms with Crippen molar-refractivity contribution in [1.29, 1.82) is 0 Å². The van der Waals surface area contributed by atoms with E-state index >= 15 is 0 Å². The van der Waals surface area contributed by atoms with Gasteiger partial charge in [0.05, 0.1) is 5.56 Å². The van der Waals surface area contributed by atoms with Gasteiger partial charge in [0.25, 0.3) is 0 Å². The Hall–Kier alpha value is -2.04. The zero-order valence-corrected chi connectivity index (χ0v) is 12.5. The van der Waals surface area contributed by atoms with E-state index in [9.17, 15) is 9.59 Å². The third kappa shape index (κ3) is 3.97. The molecule has 0 radical (unpaired) electrons. The van der Waals surface area contributed by atoms with E-state index in [0.29, 0.717) is 24.1 Å². The van der Waals surface area contributed by atoms with Crippen molar-refractivity contribution in [2.45, 2.75) is 33.1 Å². The molecule has 0 spiro atoms. The van der Waals surface area contributed by atoms with Crippen LogP contribution in [-0.4, -0.2) is 23.7 Å². The van der Waals surface area contributed by atoms with Gasteiger partial charge in [0.15, 0.2) is 0 Å². The molecular weight excluding hydrogens is 268 g/mol. The molecule has 1 aromatic carbocycles. The summed E-state index contributed by atoms with van der Waals surface area (Å²) in [6.45, 7) is 4.70. The lowest BCUT2D eigenvalue weighted by atomic mass is 9.98. The lowest BCUT2D eigenvalue weighted by Gasteiger charge is -2.16. The lowest BCUT2D eigenvalue weighted by molar-refractivity contribution is 0.0697. The number of carboxylic acids is 1. The average molecular weight is 290 g/mol. The van der Waals surface area contributed by atoms with Gasteiger partial charge in [0, 0.05) is 12.2 Å². The van der Waals surface area contributed by atoms with Gasteiger partial charge in [-0.3, -0.25) is 0 Å². The number of carbonyl (C=O) groups is 2. The number of hydrogen-bond donors (Lipinski definition) is 3. The molecule has 114 valence electrons. The minimum absolute atomic E-state index is 0.221. The molecule has 1 saturated carbocycles. The molecule has 2 rings (SSSR count). The Balaban J connectivity index is 1.89. The summed E-state index contributed by atoms with van der Waals surface area (Å²) in [5, 5.41) is 14.6. The number of anilines is 1. The quantitative estimate of drug-likeness (QED) is 0.796. The Morgan fingerprint density at radius 3 is 2.67 bits per heavy atom. The van der Waals surface area contributed by atoms with E-state index in [1.54, 1.807) is 19.1 Å². The molecule has 1 fully saturated rings. The van der Waals surface area contributed by atoms with Crippen LogP contribution in [0, 0.1) is 18.8 Å². The topological polar surface area (TPSA) is 78.4 Å². The van der Waals surface area contributed by atoms with E-state index in [4.69, 9.17) is 5.11 Å². The summed E-state index contributed by atoms with van der Waals surface area (Å²) in [7, 11) is 0. The first-order valence-corrected chi connectivity index (χ1v) is 7.36. The minimum atomic E-state index is -0.968. The zero-order valence-electron chi connectivity index (χ0n) is 12.5. The standard InChI is InChI=1S/C16H22N2O3/c1-10-4-3-5-13(10)9-17-16(21)18-14-7-6-12(15(19)20)8-11(14)2/h6-8,10,13H,3-5,9H2,1-2H3,(H,19,20)(H2,17,18,21). The average Bonchev–Trinajstić information content (AvgIpc) is 2.84. The lowest BCUT2D eigenvalue weighted by Crippen LogP contribution is -2.34. The molecular formula is C16H22N2O3. The molecule has 0 saturated heterocycles.